The van der Waals surface area contributed by atoms with Crippen LogP contribution in [0.15, 0.2) is 53.1 Å². The van der Waals surface area contributed by atoms with Crippen molar-refractivity contribution >= 4 is 11.6 Å². The van der Waals surface area contributed by atoms with Gasteiger partial charge in [0.05, 0.1) is 11.3 Å². The Morgan fingerprint density at radius 1 is 1.14 bits per heavy atom. The van der Waals surface area contributed by atoms with Crippen LogP contribution in [0.4, 0.5) is 14.5 Å². The lowest BCUT2D eigenvalue weighted by Gasteiger charge is -2.11. The molecule has 1 aromatic heterocycles. The Kier molecular flexibility index (Phi) is 5.88. The number of aryl methyl sites for hydroxylation is 2. The summed E-state index contributed by atoms with van der Waals surface area (Å²) in [5, 5.41) is 6.29. The van der Waals surface area contributed by atoms with Gasteiger partial charge in [-0.3, -0.25) is 4.79 Å². The smallest absolute Gasteiger partial charge is 0.387 e. The Morgan fingerprint density at radius 2 is 1.86 bits per heavy atom. The predicted molar refractivity (Wildman–Crippen MR) is 97.8 cm³/mol. The van der Waals surface area contributed by atoms with Gasteiger partial charge in [-0.2, -0.15) is 8.78 Å². The molecule has 0 spiro atoms. The van der Waals surface area contributed by atoms with Gasteiger partial charge in [0.2, 0.25) is 0 Å². The number of ether oxygens (including phenoxy) is 2. The Balaban J connectivity index is 1.75. The fraction of sp³-hybridized carbons (Fsp3) is 0.200. The standard InChI is InChI=1S/C20H18F2N2O4/c1-12-7-9-14(10-8-12)26-11-15-13(2)28-24-18(15)19(25)23-16-5-3-4-6-17(16)27-20(21)22/h3-10,20H,11H2,1-2H3,(H,23,25). The maximum atomic E-state index is 12.6. The number of halogens is 2. The van der Waals surface area contributed by atoms with Gasteiger partial charge in [0.1, 0.15) is 23.9 Å². The summed E-state index contributed by atoms with van der Waals surface area (Å²) in [5.41, 5.74) is 1.67. The SMILES string of the molecule is Cc1ccc(OCc2c(C(=O)Nc3ccccc3OC(F)F)noc2C)cc1. The lowest BCUT2D eigenvalue weighted by atomic mass is 10.2. The Hall–Kier alpha value is -3.42. The second kappa shape index (κ2) is 8.51. The third-order valence-corrected chi connectivity index (χ3v) is 3.96. The van der Waals surface area contributed by atoms with Crippen LogP contribution in [0.5, 0.6) is 11.5 Å². The number of anilines is 1. The number of carbonyl (C=O) groups excluding carboxylic acids is 1. The van der Waals surface area contributed by atoms with Gasteiger partial charge in [-0.05, 0) is 38.1 Å². The van der Waals surface area contributed by atoms with Gasteiger partial charge in [-0.25, -0.2) is 0 Å². The Labute approximate surface area is 160 Å². The summed E-state index contributed by atoms with van der Waals surface area (Å²) in [6, 6.07) is 13.3. The highest BCUT2D eigenvalue weighted by Gasteiger charge is 2.22. The first kappa shape index (κ1) is 19.3. The number of amides is 1. The quantitative estimate of drug-likeness (QED) is 0.634. The molecular weight excluding hydrogens is 370 g/mol. The minimum atomic E-state index is -3.01. The normalized spacial score (nSPS) is 10.8. The number of alkyl halides is 2. The van der Waals surface area contributed by atoms with E-state index in [1.807, 2.05) is 31.2 Å². The lowest BCUT2D eigenvalue weighted by molar-refractivity contribution is -0.0493. The number of nitrogens with zero attached hydrogens (tertiary/aromatic N) is 1. The van der Waals surface area contributed by atoms with Crippen molar-refractivity contribution < 1.29 is 27.6 Å². The maximum absolute atomic E-state index is 12.6. The van der Waals surface area contributed by atoms with E-state index in [-0.39, 0.29) is 23.7 Å². The molecule has 1 amide bonds. The van der Waals surface area contributed by atoms with Crippen molar-refractivity contribution in [1.82, 2.24) is 5.16 Å². The third kappa shape index (κ3) is 4.64. The number of benzene rings is 2. The second-order valence-electron chi connectivity index (χ2n) is 6.00. The highest BCUT2D eigenvalue weighted by atomic mass is 19.3. The van der Waals surface area contributed by atoms with E-state index in [1.54, 1.807) is 13.0 Å². The molecule has 8 heteroatoms. The molecule has 146 valence electrons. The van der Waals surface area contributed by atoms with Gasteiger partial charge >= 0.3 is 6.61 Å². The van der Waals surface area contributed by atoms with E-state index in [0.29, 0.717) is 17.1 Å². The van der Waals surface area contributed by atoms with Crippen molar-refractivity contribution in [3.05, 3.63) is 71.1 Å². The largest absolute Gasteiger partial charge is 0.489 e. The van der Waals surface area contributed by atoms with E-state index in [9.17, 15) is 13.6 Å². The average Bonchev–Trinajstić information content (AvgIpc) is 3.03. The molecule has 3 rings (SSSR count). The number of nitrogens with one attached hydrogen (secondary N) is 1. The van der Waals surface area contributed by atoms with Crippen LogP contribution in [0, 0.1) is 13.8 Å². The second-order valence-corrected chi connectivity index (χ2v) is 6.00. The summed E-state index contributed by atoms with van der Waals surface area (Å²) in [6.45, 7) is 0.680. The zero-order chi connectivity index (χ0) is 20.1. The summed E-state index contributed by atoms with van der Waals surface area (Å²) in [5.74, 6) is 0.288. The maximum Gasteiger partial charge on any atom is 0.387 e. The monoisotopic (exact) mass is 388 g/mol. The van der Waals surface area contributed by atoms with Crippen LogP contribution >= 0.6 is 0 Å². The number of hydrogen-bond donors (Lipinski definition) is 1. The molecule has 0 unspecified atom stereocenters. The van der Waals surface area contributed by atoms with Crippen LogP contribution in [-0.2, 0) is 6.61 Å². The van der Waals surface area contributed by atoms with Crippen molar-refractivity contribution in [1.29, 1.82) is 0 Å². The number of hydrogen-bond acceptors (Lipinski definition) is 5. The Bertz CT molecular complexity index is 955. The molecule has 1 heterocycles. The molecule has 0 bridgehead atoms. The van der Waals surface area contributed by atoms with E-state index < -0.39 is 12.5 Å². The van der Waals surface area contributed by atoms with Gasteiger partial charge in [0.15, 0.2) is 5.69 Å². The van der Waals surface area contributed by atoms with Crippen molar-refractivity contribution in [3.63, 3.8) is 0 Å². The molecule has 0 fully saturated rings. The van der Waals surface area contributed by atoms with Crippen LogP contribution in [0.2, 0.25) is 0 Å². The molecule has 3 aromatic rings. The van der Waals surface area contributed by atoms with Crippen LogP contribution in [-0.4, -0.2) is 17.7 Å². The van der Waals surface area contributed by atoms with Gasteiger partial charge in [-0.15, -0.1) is 0 Å². The molecular formula is C20H18F2N2O4. The van der Waals surface area contributed by atoms with E-state index in [2.05, 4.69) is 15.2 Å². The van der Waals surface area contributed by atoms with E-state index in [0.717, 1.165) is 5.56 Å². The summed E-state index contributed by atoms with van der Waals surface area (Å²) >= 11 is 0. The van der Waals surface area contributed by atoms with Crippen LogP contribution in [0.3, 0.4) is 0 Å². The summed E-state index contributed by atoms with van der Waals surface area (Å²) in [4.78, 5) is 12.6. The number of aromatic nitrogens is 1. The molecule has 2 aromatic carbocycles. The van der Waals surface area contributed by atoms with Crippen LogP contribution < -0.4 is 14.8 Å². The average molecular weight is 388 g/mol. The fourth-order valence-corrected chi connectivity index (χ4v) is 2.48. The van der Waals surface area contributed by atoms with Gasteiger partial charge < -0.3 is 19.3 Å². The summed E-state index contributed by atoms with van der Waals surface area (Å²) in [6.07, 6.45) is 0. The summed E-state index contributed by atoms with van der Waals surface area (Å²) in [7, 11) is 0. The molecule has 0 radical (unpaired) electrons. The Morgan fingerprint density at radius 3 is 2.57 bits per heavy atom. The highest BCUT2D eigenvalue weighted by Crippen LogP contribution is 2.27. The number of rotatable bonds is 7. The van der Waals surface area contributed by atoms with E-state index in [1.165, 1.54) is 18.2 Å². The summed E-state index contributed by atoms with van der Waals surface area (Å²) < 4.78 is 40.3. The third-order valence-electron chi connectivity index (χ3n) is 3.96. The molecule has 0 aliphatic heterocycles. The van der Waals surface area contributed by atoms with E-state index in [4.69, 9.17) is 9.26 Å². The lowest BCUT2D eigenvalue weighted by Crippen LogP contribution is -2.16. The van der Waals surface area contributed by atoms with Gasteiger partial charge in [0.25, 0.3) is 5.91 Å². The van der Waals surface area contributed by atoms with Gasteiger partial charge in [0, 0.05) is 0 Å². The zero-order valence-electron chi connectivity index (χ0n) is 15.2. The molecule has 0 saturated heterocycles. The minimum Gasteiger partial charge on any atom is -0.489 e. The first-order valence-corrected chi connectivity index (χ1v) is 8.44. The molecule has 0 aliphatic rings. The number of para-hydroxylation sites is 2. The predicted octanol–water partition coefficient (Wildman–Crippen LogP) is 4.72. The van der Waals surface area contributed by atoms with Crippen molar-refractivity contribution in [2.45, 2.75) is 27.1 Å². The topological polar surface area (TPSA) is 73.6 Å². The number of carbonyl (C=O) groups is 1. The van der Waals surface area contributed by atoms with Crippen LogP contribution in [0.25, 0.3) is 0 Å². The van der Waals surface area contributed by atoms with Crippen molar-refractivity contribution in [2.75, 3.05) is 5.32 Å². The fourth-order valence-electron chi connectivity index (χ4n) is 2.48. The molecule has 28 heavy (non-hydrogen) atoms. The van der Waals surface area contributed by atoms with Gasteiger partial charge in [-0.1, -0.05) is 35.0 Å². The highest BCUT2D eigenvalue weighted by molar-refractivity contribution is 6.04. The first-order valence-electron chi connectivity index (χ1n) is 8.44. The molecule has 1 N–H and O–H groups in total. The molecule has 6 nitrogen and oxygen atoms in total. The molecule has 0 saturated carbocycles. The van der Waals surface area contributed by atoms with Crippen LogP contribution in [0.1, 0.15) is 27.4 Å². The molecule has 0 atom stereocenters. The van der Waals surface area contributed by atoms with Crippen molar-refractivity contribution in [3.8, 4) is 11.5 Å². The van der Waals surface area contributed by atoms with E-state index >= 15 is 0 Å². The molecule has 0 aliphatic carbocycles. The first-order chi connectivity index (χ1) is 13.4. The van der Waals surface area contributed by atoms with Crippen molar-refractivity contribution in [2.24, 2.45) is 0 Å². The zero-order valence-corrected chi connectivity index (χ0v) is 15.2. The minimum absolute atomic E-state index is 0.0106.